The van der Waals surface area contributed by atoms with Gasteiger partial charge in [0.05, 0.1) is 27.9 Å². The summed E-state index contributed by atoms with van der Waals surface area (Å²) in [4.78, 5) is 15.7. The predicted molar refractivity (Wildman–Crippen MR) is 264 cm³/mol. The maximum atomic E-state index is 6.62. The molecular weight excluding hydrogens is 781 g/mol. The summed E-state index contributed by atoms with van der Waals surface area (Å²) in [5, 5.41) is 8.01. The summed E-state index contributed by atoms with van der Waals surface area (Å²) in [6, 6.07) is 76.7. The van der Waals surface area contributed by atoms with E-state index in [2.05, 4.69) is 193 Å². The van der Waals surface area contributed by atoms with Crippen LogP contribution in [0.25, 0.3) is 127 Å². The molecule has 4 aromatic heterocycles. The third-order valence-corrected chi connectivity index (χ3v) is 12.6. The number of pyridine rings is 1. The zero-order chi connectivity index (χ0) is 42.1. The zero-order valence-electron chi connectivity index (χ0n) is 34.5. The highest BCUT2D eigenvalue weighted by molar-refractivity contribution is 6.22. The van der Waals surface area contributed by atoms with Crippen molar-refractivity contribution in [1.29, 1.82) is 0 Å². The fourth-order valence-corrected chi connectivity index (χ4v) is 9.58. The van der Waals surface area contributed by atoms with Crippen LogP contribution in [0.5, 0.6) is 0 Å². The molecule has 9 aromatic carbocycles. The SMILES string of the molecule is c1ccc(-c2nc(-c3ccc(-c4ccc5c(c4)nc(-c4cccc6ccccc46)c4oc6ccccc6c45)cc3)cc(-c3cccc(-n4c5ccccc5c5ccccc54)c3)n2)cc1. The van der Waals surface area contributed by atoms with Crippen LogP contribution in [0.2, 0.25) is 0 Å². The van der Waals surface area contributed by atoms with Crippen LogP contribution in [0, 0.1) is 0 Å². The molecule has 0 saturated carbocycles. The van der Waals surface area contributed by atoms with E-state index < -0.39 is 0 Å². The molecule has 0 unspecified atom stereocenters. The number of hydrogen-bond acceptors (Lipinski definition) is 4. The summed E-state index contributed by atoms with van der Waals surface area (Å²) in [6.45, 7) is 0. The Kier molecular flexibility index (Phi) is 8.15. The second kappa shape index (κ2) is 14.5. The van der Waals surface area contributed by atoms with Crippen LogP contribution in [0.1, 0.15) is 0 Å². The van der Waals surface area contributed by atoms with E-state index in [-0.39, 0.29) is 0 Å². The van der Waals surface area contributed by atoms with Gasteiger partial charge < -0.3 is 8.98 Å². The topological polar surface area (TPSA) is 56.7 Å². The standard InChI is InChI=1S/C59H36N4O/c1-2-15-40(16-3-1)59-61-50(36-51(62-59)42-18-12-19-43(34-42)63-53-25-9-6-21-45(53)46-22-7-10-26-54(46)63)39-30-28-37(29-31-39)41-32-33-48-52(35-41)60-57(47-24-13-17-38-14-4-5-20-44(38)47)58-56(48)49-23-8-11-27-55(49)64-58/h1-36H. The second-order valence-electron chi connectivity index (χ2n) is 16.3. The largest absolute Gasteiger partial charge is 0.454 e. The van der Waals surface area contributed by atoms with Gasteiger partial charge in [0, 0.05) is 54.9 Å². The van der Waals surface area contributed by atoms with Crippen molar-refractivity contribution in [1.82, 2.24) is 19.5 Å². The van der Waals surface area contributed by atoms with Gasteiger partial charge in [-0.25, -0.2) is 15.0 Å². The molecule has 5 heteroatoms. The Balaban J connectivity index is 0.920. The number of hydrogen-bond donors (Lipinski definition) is 0. The average Bonchev–Trinajstić information content (AvgIpc) is 3.93. The van der Waals surface area contributed by atoms with E-state index in [1.807, 2.05) is 30.3 Å². The first-order valence-electron chi connectivity index (χ1n) is 21.6. The smallest absolute Gasteiger partial charge is 0.162 e. The minimum Gasteiger partial charge on any atom is -0.454 e. The lowest BCUT2D eigenvalue weighted by Gasteiger charge is -2.13. The molecule has 5 nitrogen and oxygen atoms in total. The van der Waals surface area contributed by atoms with Crippen molar-refractivity contribution < 1.29 is 4.42 Å². The molecule has 64 heavy (non-hydrogen) atoms. The fourth-order valence-electron chi connectivity index (χ4n) is 9.58. The van der Waals surface area contributed by atoms with Crippen LogP contribution in [0.4, 0.5) is 0 Å². The van der Waals surface area contributed by atoms with Gasteiger partial charge in [-0.15, -0.1) is 0 Å². The van der Waals surface area contributed by atoms with Crippen LogP contribution >= 0.6 is 0 Å². The Bertz CT molecular complexity index is 3900. The molecule has 0 spiro atoms. The first-order chi connectivity index (χ1) is 31.7. The van der Waals surface area contributed by atoms with E-state index >= 15 is 0 Å². The summed E-state index contributed by atoms with van der Waals surface area (Å²) < 4.78 is 8.96. The highest BCUT2D eigenvalue weighted by Gasteiger charge is 2.20. The van der Waals surface area contributed by atoms with Crippen molar-refractivity contribution in [2.75, 3.05) is 0 Å². The Labute approximate surface area is 368 Å². The Morgan fingerprint density at radius 3 is 1.78 bits per heavy atom. The van der Waals surface area contributed by atoms with Crippen LogP contribution in [-0.2, 0) is 0 Å². The summed E-state index contributed by atoms with van der Waals surface area (Å²) >= 11 is 0. The highest BCUT2D eigenvalue weighted by atomic mass is 16.3. The molecule has 0 saturated heterocycles. The first kappa shape index (κ1) is 36.0. The monoisotopic (exact) mass is 816 g/mol. The van der Waals surface area contributed by atoms with Crippen molar-refractivity contribution in [3.05, 3.63) is 218 Å². The lowest BCUT2D eigenvalue weighted by Crippen LogP contribution is -1.98. The van der Waals surface area contributed by atoms with Gasteiger partial charge in [0.1, 0.15) is 11.3 Å². The molecule has 4 heterocycles. The molecule has 0 fully saturated rings. The molecule has 298 valence electrons. The summed E-state index contributed by atoms with van der Waals surface area (Å²) in [5.74, 6) is 0.681. The minimum atomic E-state index is 0.681. The number of nitrogens with zero attached hydrogens (tertiary/aromatic N) is 4. The van der Waals surface area contributed by atoms with Gasteiger partial charge in [-0.3, -0.25) is 0 Å². The minimum absolute atomic E-state index is 0.681. The van der Waals surface area contributed by atoms with Crippen LogP contribution in [0.3, 0.4) is 0 Å². The van der Waals surface area contributed by atoms with Crippen molar-refractivity contribution in [2.45, 2.75) is 0 Å². The number of benzene rings is 9. The number of aromatic nitrogens is 4. The molecule has 0 bridgehead atoms. The highest BCUT2D eigenvalue weighted by Crippen LogP contribution is 2.42. The van der Waals surface area contributed by atoms with E-state index in [9.17, 15) is 0 Å². The lowest BCUT2D eigenvalue weighted by atomic mass is 9.97. The lowest BCUT2D eigenvalue weighted by molar-refractivity contribution is 0.669. The quantitative estimate of drug-likeness (QED) is 0.168. The Hall–Kier alpha value is -8.67. The van der Waals surface area contributed by atoms with Gasteiger partial charge in [-0.2, -0.15) is 0 Å². The third-order valence-electron chi connectivity index (χ3n) is 12.6. The number of para-hydroxylation sites is 3. The number of rotatable bonds is 6. The zero-order valence-corrected chi connectivity index (χ0v) is 34.5. The van der Waals surface area contributed by atoms with Crippen molar-refractivity contribution in [3.63, 3.8) is 0 Å². The summed E-state index contributed by atoms with van der Waals surface area (Å²) in [6.07, 6.45) is 0. The van der Waals surface area contributed by atoms with E-state index in [0.29, 0.717) is 5.82 Å². The van der Waals surface area contributed by atoms with E-state index in [1.165, 1.54) is 27.2 Å². The molecule has 0 aliphatic heterocycles. The summed E-state index contributed by atoms with van der Waals surface area (Å²) in [5.41, 5.74) is 14.8. The van der Waals surface area contributed by atoms with Crippen LogP contribution in [0.15, 0.2) is 223 Å². The molecule has 0 N–H and O–H groups in total. The third kappa shape index (κ3) is 5.83. The van der Waals surface area contributed by atoms with Crippen molar-refractivity contribution in [3.8, 4) is 62.0 Å². The van der Waals surface area contributed by atoms with E-state index in [1.54, 1.807) is 0 Å². The van der Waals surface area contributed by atoms with Gasteiger partial charge >= 0.3 is 0 Å². The molecule has 0 aliphatic rings. The molecular formula is C59H36N4O. The summed E-state index contributed by atoms with van der Waals surface area (Å²) in [7, 11) is 0. The molecule has 13 rings (SSSR count). The van der Waals surface area contributed by atoms with E-state index in [4.69, 9.17) is 19.4 Å². The molecule has 0 amide bonds. The molecule has 0 radical (unpaired) electrons. The molecule has 13 aromatic rings. The van der Waals surface area contributed by atoms with Crippen LogP contribution in [-0.4, -0.2) is 19.5 Å². The number of furan rings is 1. The Morgan fingerprint density at radius 1 is 0.375 bits per heavy atom. The maximum Gasteiger partial charge on any atom is 0.162 e. The van der Waals surface area contributed by atoms with E-state index in [0.717, 1.165) is 94.4 Å². The number of fused-ring (bicyclic) bond motifs is 9. The second-order valence-corrected chi connectivity index (χ2v) is 16.3. The molecule has 0 aliphatic carbocycles. The fraction of sp³-hybridized carbons (Fsp3) is 0. The van der Waals surface area contributed by atoms with Crippen molar-refractivity contribution in [2.24, 2.45) is 0 Å². The van der Waals surface area contributed by atoms with Gasteiger partial charge in [0.15, 0.2) is 11.4 Å². The van der Waals surface area contributed by atoms with Gasteiger partial charge in [0.2, 0.25) is 0 Å². The molecule has 0 atom stereocenters. The first-order valence-corrected chi connectivity index (χ1v) is 21.6. The van der Waals surface area contributed by atoms with Crippen LogP contribution < -0.4 is 0 Å². The van der Waals surface area contributed by atoms with Gasteiger partial charge in [0.25, 0.3) is 0 Å². The van der Waals surface area contributed by atoms with Gasteiger partial charge in [-0.05, 0) is 64.4 Å². The van der Waals surface area contributed by atoms with Gasteiger partial charge in [-0.1, -0.05) is 176 Å². The Morgan fingerprint density at radius 2 is 0.984 bits per heavy atom. The normalized spacial score (nSPS) is 11.8. The predicted octanol–water partition coefficient (Wildman–Crippen LogP) is 15.5. The average molecular weight is 817 g/mol. The maximum absolute atomic E-state index is 6.62. The van der Waals surface area contributed by atoms with Crippen molar-refractivity contribution >= 4 is 65.4 Å².